The average Bonchev–Trinajstić information content (AvgIpc) is 4.29. The van der Waals surface area contributed by atoms with E-state index in [9.17, 15) is 13.2 Å². The van der Waals surface area contributed by atoms with Crippen LogP contribution in [0.2, 0.25) is 0 Å². The molecule has 0 atom stereocenters. The maximum atomic E-state index is 14.9. The van der Waals surface area contributed by atoms with Crippen LogP contribution in [0, 0.1) is 0 Å². The first-order chi connectivity index (χ1) is 38.9. The van der Waals surface area contributed by atoms with Crippen molar-refractivity contribution in [1.29, 1.82) is 0 Å². The molecular formula is C71H44F3N5. The second kappa shape index (κ2) is 18.2. The van der Waals surface area contributed by atoms with Crippen LogP contribution in [-0.4, -0.2) is 23.7 Å². The largest absolute Gasteiger partial charge is 0.416 e. The van der Waals surface area contributed by atoms with Gasteiger partial charge in [-0.05, 0) is 78.9 Å². The Morgan fingerprint density at radius 2 is 0.633 bits per heavy atom. The third kappa shape index (κ3) is 7.47. The quantitative estimate of drug-likeness (QED) is 0.152. The molecule has 0 N–H and O–H groups in total. The summed E-state index contributed by atoms with van der Waals surface area (Å²) in [7, 11) is 0. The molecule has 0 aliphatic carbocycles. The molecule has 0 amide bonds. The summed E-state index contributed by atoms with van der Waals surface area (Å²) in [6.45, 7) is 0. The molecule has 0 bridgehead atoms. The standard InChI is InChI=1S/C71H44F3N5/c72-71(73,74)48-39-40-68-56(43-48)53-29-11-20-38-67(53)79(68)69-57(54-30-12-18-36-65(54)77-61-32-14-7-25-49(61)50-26-8-15-33-62(50)77)41-47(70-75-59(45-21-3-1-4-22-45)44-60(76-70)46-23-5-2-6-24-46)42-58(69)55-31-13-19-37-66(55)78-63-34-16-9-27-51(63)52-28-10-17-35-64(52)78/h1-44H. The number of nitrogens with zero attached hydrogens (tertiary/aromatic N) is 5. The van der Waals surface area contributed by atoms with E-state index in [4.69, 9.17) is 9.97 Å². The average molecular weight is 1020 g/mol. The lowest BCUT2D eigenvalue weighted by Crippen LogP contribution is -2.07. The zero-order valence-corrected chi connectivity index (χ0v) is 42.3. The fourth-order valence-corrected chi connectivity index (χ4v) is 12.1. The van der Waals surface area contributed by atoms with Crippen LogP contribution >= 0.6 is 0 Å². The number of alkyl halides is 3. The Morgan fingerprint density at radius 3 is 1.06 bits per heavy atom. The van der Waals surface area contributed by atoms with Gasteiger partial charge in [-0.15, -0.1) is 0 Å². The highest BCUT2D eigenvalue weighted by atomic mass is 19.4. The van der Waals surface area contributed by atoms with Crippen molar-refractivity contribution in [3.8, 4) is 73.2 Å². The van der Waals surface area contributed by atoms with E-state index in [0.717, 1.165) is 117 Å². The maximum absolute atomic E-state index is 14.9. The SMILES string of the molecule is FC(F)(F)c1ccc2c(c1)c1ccccc1n2-c1c(-c2ccccc2-n2c3ccccc3c3ccccc32)cc(-c2nc(-c3ccccc3)cc(-c3ccccc3)n2)cc1-c1ccccc1-n1c2ccccc2c2ccccc21. The molecular weight excluding hydrogens is 980 g/mol. The van der Waals surface area contributed by atoms with E-state index in [1.165, 1.54) is 12.1 Å². The van der Waals surface area contributed by atoms with Gasteiger partial charge in [0.2, 0.25) is 0 Å². The van der Waals surface area contributed by atoms with Crippen LogP contribution in [0.4, 0.5) is 13.2 Å². The monoisotopic (exact) mass is 1020 g/mol. The molecule has 11 aromatic carbocycles. The first-order valence-electron chi connectivity index (χ1n) is 26.3. The topological polar surface area (TPSA) is 40.6 Å². The van der Waals surface area contributed by atoms with E-state index in [2.05, 4.69) is 196 Å². The second-order valence-corrected chi connectivity index (χ2v) is 20.0. The third-order valence-corrected chi connectivity index (χ3v) is 15.5. The van der Waals surface area contributed by atoms with Crippen molar-refractivity contribution in [2.75, 3.05) is 0 Å². The number of hydrogen-bond donors (Lipinski definition) is 0. The number of fused-ring (bicyclic) bond motifs is 9. The molecule has 0 saturated carbocycles. The summed E-state index contributed by atoms with van der Waals surface area (Å²) in [4.78, 5) is 10.9. The molecule has 0 spiro atoms. The lowest BCUT2D eigenvalue weighted by molar-refractivity contribution is -0.137. The predicted octanol–water partition coefficient (Wildman–Crippen LogP) is 19.1. The van der Waals surface area contributed by atoms with E-state index >= 15 is 0 Å². The van der Waals surface area contributed by atoms with Crippen LogP contribution in [0.15, 0.2) is 267 Å². The number of benzene rings is 11. The van der Waals surface area contributed by atoms with Crippen LogP contribution in [0.3, 0.4) is 0 Å². The molecule has 0 aliphatic heterocycles. The normalized spacial score (nSPS) is 12.0. The Hall–Kier alpha value is -10.3. The molecule has 5 nitrogen and oxygen atoms in total. The van der Waals surface area contributed by atoms with Gasteiger partial charge in [0.25, 0.3) is 0 Å². The Balaban J connectivity index is 1.14. The number of para-hydroxylation sites is 7. The molecule has 4 aromatic heterocycles. The van der Waals surface area contributed by atoms with Crippen molar-refractivity contribution in [3.05, 3.63) is 272 Å². The zero-order chi connectivity index (χ0) is 52.8. The van der Waals surface area contributed by atoms with E-state index in [0.29, 0.717) is 22.1 Å². The van der Waals surface area contributed by atoms with Crippen molar-refractivity contribution in [2.45, 2.75) is 6.18 Å². The van der Waals surface area contributed by atoms with Gasteiger partial charge in [-0.1, -0.05) is 188 Å². The lowest BCUT2D eigenvalue weighted by Gasteiger charge is -2.24. The summed E-state index contributed by atoms with van der Waals surface area (Å²) in [5.74, 6) is 0.509. The highest BCUT2D eigenvalue weighted by molar-refractivity contribution is 6.14. The number of rotatable bonds is 8. The van der Waals surface area contributed by atoms with Crippen molar-refractivity contribution in [1.82, 2.24) is 23.7 Å². The van der Waals surface area contributed by atoms with Crippen LogP contribution in [0.1, 0.15) is 5.56 Å². The smallest absolute Gasteiger partial charge is 0.309 e. The van der Waals surface area contributed by atoms with Crippen molar-refractivity contribution in [2.24, 2.45) is 0 Å². The fourth-order valence-electron chi connectivity index (χ4n) is 12.1. The van der Waals surface area contributed by atoms with Gasteiger partial charge in [0, 0.05) is 71.3 Å². The summed E-state index contributed by atoms with van der Waals surface area (Å²) in [6.07, 6.45) is -4.56. The van der Waals surface area contributed by atoms with Gasteiger partial charge < -0.3 is 13.7 Å². The van der Waals surface area contributed by atoms with Gasteiger partial charge in [-0.25, -0.2) is 9.97 Å². The van der Waals surface area contributed by atoms with E-state index < -0.39 is 11.7 Å². The van der Waals surface area contributed by atoms with Gasteiger partial charge in [0.15, 0.2) is 5.82 Å². The Bertz CT molecular complexity index is 4550. The predicted molar refractivity (Wildman–Crippen MR) is 317 cm³/mol. The minimum atomic E-state index is -4.56. The Morgan fingerprint density at radius 1 is 0.278 bits per heavy atom. The van der Waals surface area contributed by atoms with E-state index in [1.54, 1.807) is 6.07 Å². The van der Waals surface area contributed by atoms with Gasteiger partial charge in [0.05, 0.1) is 67.1 Å². The molecule has 79 heavy (non-hydrogen) atoms. The summed E-state index contributed by atoms with van der Waals surface area (Å²) >= 11 is 0. The van der Waals surface area contributed by atoms with E-state index in [1.807, 2.05) is 66.7 Å². The molecule has 0 fully saturated rings. The molecule has 4 heterocycles. The van der Waals surface area contributed by atoms with Crippen LogP contribution in [-0.2, 0) is 6.18 Å². The van der Waals surface area contributed by atoms with Crippen molar-refractivity contribution in [3.63, 3.8) is 0 Å². The molecule has 8 heteroatoms. The summed E-state index contributed by atoms with van der Waals surface area (Å²) in [5, 5.41) is 5.65. The molecule has 0 aliphatic rings. The van der Waals surface area contributed by atoms with E-state index in [-0.39, 0.29) is 0 Å². The first-order valence-corrected chi connectivity index (χ1v) is 26.3. The minimum Gasteiger partial charge on any atom is -0.309 e. The van der Waals surface area contributed by atoms with Gasteiger partial charge in [-0.2, -0.15) is 13.2 Å². The minimum absolute atomic E-state index is 0.490. The molecule has 15 rings (SSSR count). The van der Waals surface area contributed by atoms with Crippen molar-refractivity contribution < 1.29 is 13.2 Å². The fraction of sp³-hybridized carbons (Fsp3) is 0.0141. The zero-order valence-electron chi connectivity index (χ0n) is 42.3. The molecule has 374 valence electrons. The van der Waals surface area contributed by atoms with Crippen LogP contribution in [0.25, 0.3) is 139 Å². The van der Waals surface area contributed by atoms with Crippen LogP contribution < -0.4 is 0 Å². The van der Waals surface area contributed by atoms with Gasteiger partial charge >= 0.3 is 6.18 Å². The highest BCUT2D eigenvalue weighted by Gasteiger charge is 2.32. The third-order valence-electron chi connectivity index (χ3n) is 15.5. The number of aromatic nitrogens is 5. The first kappa shape index (κ1) is 46.0. The molecule has 15 aromatic rings. The highest BCUT2D eigenvalue weighted by Crippen LogP contribution is 2.49. The summed E-state index contributed by atoms with van der Waals surface area (Å²) in [6, 6.07) is 89.6. The van der Waals surface area contributed by atoms with Crippen LogP contribution in [0.5, 0.6) is 0 Å². The number of halogens is 3. The van der Waals surface area contributed by atoms with Gasteiger partial charge in [0.1, 0.15) is 0 Å². The van der Waals surface area contributed by atoms with Crippen molar-refractivity contribution >= 4 is 65.4 Å². The Kier molecular flexibility index (Phi) is 10.6. The molecule has 0 saturated heterocycles. The maximum Gasteiger partial charge on any atom is 0.416 e. The Labute approximate surface area is 452 Å². The van der Waals surface area contributed by atoms with Gasteiger partial charge in [-0.3, -0.25) is 0 Å². The molecule has 0 radical (unpaired) electrons. The lowest BCUT2D eigenvalue weighted by atomic mass is 9.90. The second-order valence-electron chi connectivity index (χ2n) is 20.0. The summed E-state index contributed by atoms with van der Waals surface area (Å²) in [5.41, 5.74) is 15.0. The number of hydrogen-bond acceptors (Lipinski definition) is 2. The molecule has 0 unspecified atom stereocenters. The summed E-state index contributed by atoms with van der Waals surface area (Å²) < 4.78 is 51.5.